The molecule has 2 amide bonds. The Labute approximate surface area is 165 Å². The van der Waals surface area contributed by atoms with E-state index in [9.17, 15) is 9.59 Å². The summed E-state index contributed by atoms with van der Waals surface area (Å²) in [6, 6.07) is 16.2. The summed E-state index contributed by atoms with van der Waals surface area (Å²) in [5.74, 6) is 1.73. The number of hydrogen-bond acceptors (Lipinski definition) is 4. The van der Waals surface area contributed by atoms with E-state index in [-0.39, 0.29) is 18.2 Å². The highest BCUT2D eigenvalue weighted by molar-refractivity contribution is 6.22. The number of carbonyl (C=O) groups excluding carboxylic acids is 2. The molecule has 1 saturated carbocycles. The number of nitrogens with one attached hydrogen (secondary N) is 1. The van der Waals surface area contributed by atoms with E-state index >= 15 is 0 Å². The molecule has 1 unspecified atom stereocenters. The predicted molar refractivity (Wildman–Crippen MR) is 108 cm³/mol. The van der Waals surface area contributed by atoms with Crippen molar-refractivity contribution in [3.8, 4) is 11.5 Å². The van der Waals surface area contributed by atoms with Gasteiger partial charge in [0.25, 0.3) is 5.91 Å². The van der Waals surface area contributed by atoms with Crippen molar-refractivity contribution in [1.29, 1.82) is 0 Å². The molecule has 2 aromatic carbocycles. The summed E-state index contributed by atoms with van der Waals surface area (Å²) < 4.78 is 5.78. The molecule has 1 N–H and O–H groups in total. The Hall–Kier alpha value is -2.66. The summed E-state index contributed by atoms with van der Waals surface area (Å²) in [5, 5.41) is 3.34. The number of imide groups is 1. The SMILES string of the molecule is O=C1CC(NCC2CCCCC2)C(=O)N1c1ccc(Oc2ccccc2)cc1. The fourth-order valence-electron chi connectivity index (χ4n) is 4.05. The molecule has 28 heavy (non-hydrogen) atoms. The number of nitrogens with zero attached hydrogens (tertiary/aromatic N) is 1. The normalized spacial score (nSPS) is 20.6. The first-order valence-corrected chi connectivity index (χ1v) is 10.1. The molecule has 146 valence electrons. The number of rotatable bonds is 6. The zero-order valence-electron chi connectivity index (χ0n) is 16.0. The standard InChI is InChI=1S/C23H26N2O3/c26-22-15-21(24-16-17-7-3-1-4-8-17)23(27)25(22)18-11-13-20(14-12-18)28-19-9-5-2-6-10-19/h2,5-6,9-14,17,21,24H,1,3-4,7-8,15-16H2. The van der Waals surface area contributed by atoms with Crippen LogP contribution >= 0.6 is 0 Å². The van der Waals surface area contributed by atoms with Gasteiger partial charge in [0, 0.05) is 0 Å². The third-order valence-corrected chi connectivity index (χ3v) is 5.60. The van der Waals surface area contributed by atoms with E-state index in [1.54, 1.807) is 24.3 Å². The third-order valence-electron chi connectivity index (χ3n) is 5.60. The smallest absolute Gasteiger partial charge is 0.251 e. The quantitative estimate of drug-likeness (QED) is 0.762. The fraction of sp³-hybridized carbons (Fsp3) is 0.391. The molecule has 1 atom stereocenters. The second-order valence-electron chi connectivity index (χ2n) is 7.65. The Morgan fingerprint density at radius 2 is 1.57 bits per heavy atom. The fourth-order valence-corrected chi connectivity index (χ4v) is 4.05. The minimum Gasteiger partial charge on any atom is -0.457 e. The molecule has 5 heteroatoms. The molecule has 2 fully saturated rings. The van der Waals surface area contributed by atoms with E-state index in [1.165, 1.54) is 37.0 Å². The van der Waals surface area contributed by atoms with E-state index < -0.39 is 6.04 Å². The lowest BCUT2D eigenvalue weighted by Gasteiger charge is -2.23. The summed E-state index contributed by atoms with van der Waals surface area (Å²) in [6.07, 6.45) is 6.52. The zero-order valence-corrected chi connectivity index (χ0v) is 16.0. The number of para-hydroxylation sites is 1. The van der Waals surface area contributed by atoms with Gasteiger partial charge in [0.05, 0.1) is 18.2 Å². The van der Waals surface area contributed by atoms with Crippen LogP contribution in [0.3, 0.4) is 0 Å². The van der Waals surface area contributed by atoms with E-state index in [4.69, 9.17) is 4.74 Å². The molecule has 5 nitrogen and oxygen atoms in total. The second-order valence-corrected chi connectivity index (χ2v) is 7.65. The molecule has 2 aliphatic rings. The highest BCUT2D eigenvalue weighted by Gasteiger charge is 2.39. The summed E-state index contributed by atoms with van der Waals surface area (Å²) >= 11 is 0. The van der Waals surface area contributed by atoms with Crippen molar-refractivity contribution < 1.29 is 14.3 Å². The lowest BCUT2D eigenvalue weighted by Crippen LogP contribution is -2.41. The van der Waals surface area contributed by atoms with Gasteiger partial charge in [0.15, 0.2) is 0 Å². The molecule has 1 heterocycles. The van der Waals surface area contributed by atoms with Gasteiger partial charge in [-0.1, -0.05) is 37.5 Å². The van der Waals surface area contributed by atoms with Gasteiger partial charge in [-0.25, -0.2) is 4.90 Å². The minimum absolute atomic E-state index is 0.150. The van der Waals surface area contributed by atoms with Crippen molar-refractivity contribution in [3.63, 3.8) is 0 Å². The maximum Gasteiger partial charge on any atom is 0.251 e. The van der Waals surface area contributed by atoms with E-state index in [2.05, 4.69) is 5.32 Å². The van der Waals surface area contributed by atoms with Crippen molar-refractivity contribution in [1.82, 2.24) is 5.32 Å². The Morgan fingerprint density at radius 1 is 0.893 bits per heavy atom. The maximum atomic E-state index is 12.8. The highest BCUT2D eigenvalue weighted by atomic mass is 16.5. The summed E-state index contributed by atoms with van der Waals surface area (Å²) in [7, 11) is 0. The number of amides is 2. The highest BCUT2D eigenvalue weighted by Crippen LogP contribution is 2.28. The average molecular weight is 378 g/mol. The number of anilines is 1. The first-order valence-electron chi connectivity index (χ1n) is 10.1. The van der Waals surface area contributed by atoms with Crippen LogP contribution < -0.4 is 15.0 Å². The average Bonchev–Trinajstić information content (AvgIpc) is 3.02. The third kappa shape index (κ3) is 4.25. The van der Waals surface area contributed by atoms with Crippen LogP contribution in [0.1, 0.15) is 38.5 Å². The second kappa shape index (κ2) is 8.57. The molecule has 0 aromatic heterocycles. The van der Waals surface area contributed by atoms with Gasteiger partial charge < -0.3 is 10.1 Å². The van der Waals surface area contributed by atoms with Crippen molar-refractivity contribution in [3.05, 3.63) is 54.6 Å². The van der Waals surface area contributed by atoms with Gasteiger partial charge in [0.1, 0.15) is 11.5 Å². The Bertz CT molecular complexity index is 814. The van der Waals surface area contributed by atoms with Gasteiger partial charge >= 0.3 is 0 Å². The van der Waals surface area contributed by atoms with Gasteiger partial charge in [0.2, 0.25) is 5.91 Å². The molecule has 0 bridgehead atoms. The lowest BCUT2D eigenvalue weighted by atomic mass is 9.89. The molecule has 0 radical (unpaired) electrons. The molecule has 1 aliphatic carbocycles. The van der Waals surface area contributed by atoms with Gasteiger partial charge in [-0.05, 0) is 61.7 Å². The number of benzene rings is 2. The summed E-state index contributed by atoms with van der Waals surface area (Å²) in [5.41, 5.74) is 0.595. The van der Waals surface area contributed by atoms with E-state index in [0.717, 1.165) is 12.3 Å². The van der Waals surface area contributed by atoms with Crippen molar-refractivity contribution in [2.24, 2.45) is 5.92 Å². The Morgan fingerprint density at radius 3 is 2.29 bits per heavy atom. The molecule has 0 spiro atoms. The van der Waals surface area contributed by atoms with E-state index in [1.807, 2.05) is 30.3 Å². The maximum absolute atomic E-state index is 12.8. The summed E-state index contributed by atoms with van der Waals surface area (Å²) in [4.78, 5) is 26.5. The van der Waals surface area contributed by atoms with Crippen molar-refractivity contribution >= 4 is 17.5 Å². The molecular weight excluding hydrogens is 352 g/mol. The van der Waals surface area contributed by atoms with Crippen molar-refractivity contribution in [2.45, 2.75) is 44.6 Å². The molecule has 1 saturated heterocycles. The predicted octanol–water partition coefficient (Wildman–Crippen LogP) is 4.28. The van der Waals surface area contributed by atoms with E-state index in [0.29, 0.717) is 17.4 Å². The van der Waals surface area contributed by atoms with Crippen LogP contribution in [0, 0.1) is 5.92 Å². The van der Waals surface area contributed by atoms with Crippen LogP contribution in [0.2, 0.25) is 0 Å². The monoisotopic (exact) mass is 378 g/mol. The topological polar surface area (TPSA) is 58.6 Å². The molecule has 2 aromatic rings. The number of carbonyl (C=O) groups is 2. The van der Waals surface area contributed by atoms with Crippen LogP contribution in [0.25, 0.3) is 0 Å². The largest absolute Gasteiger partial charge is 0.457 e. The number of ether oxygens (including phenoxy) is 1. The lowest BCUT2D eigenvalue weighted by molar-refractivity contribution is -0.121. The Kier molecular flexibility index (Phi) is 5.72. The first kappa shape index (κ1) is 18.7. The van der Waals surface area contributed by atoms with Gasteiger partial charge in [-0.15, -0.1) is 0 Å². The van der Waals surface area contributed by atoms with Crippen LogP contribution in [0.5, 0.6) is 11.5 Å². The van der Waals surface area contributed by atoms with Crippen LogP contribution in [-0.4, -0.2) is 24.4 Å². The molecule has 1 aliphatic heterocycles. The van der Waals surface area contributed by atoms with Crippen LogP contribution in [0.4, 0.5) is 5.69 Å². The van der Waals surface area contributed by atoms with Gasteiger partial charge in [-0.2, -0.15) is 0 Å². The Balaban J connectivity index is 1.38. The van der Waals surface area contributed by atoms with Crippen molar-refractivity contribution in [2.75, 3.05) is 11.4 Å². The first-order chi connectivity index (χ1) is 13.7. The summed E-state index contributed by atoms with van der Waals surface area (Å²) in [6.45, 7) is 0.821. The molecule has 4 rings (SSSR count). The molecular formula is C23H26N2O3. The number of hydrogen-bond donors (Lipinski definition) is 1. The van der Waals surface area contributed by atoms with Gasteiger partial charge in [-0.3, -0.25) is 9.59 Å². The minimum atomic E-state index is -0.408. The zero-order chi connectivity index (χ0) is 19.3. The van der Waals surface area contributed by atoms with Crippen LogP contribution in [-0.2, 0) is 9.59 Å². The van der Waals surface area contributed by atoms with Crippen LogP contribution in [0.15, 0.2) is 54.6 Å².